The molecule has 9 heteroatoms. The summed E-state index contributed by atoms with van der Waals surface area (Å²) in [6.07, 6.45) is 0.196. The van der Waals surface area contributed by atoms with Gasteiger partial charge in [0.1, 0.15) is 17.4 Å². The second-order valence-electron chi connectivity index (χ2n) is 9.06. The standard InChI is InChI=1S/C31H24ClFN4O3/c1-18(35)36-31(40)28(14-19-2-6-22(7-3-19)24-10-12-27(33)26(32)16-24)37-30(39)25-15-23(11-13-29(25)38)21-8-4-20(17-34)5-9-21/h2-13,15-16,28,38H,14H2,1H3,(H,37,39)(H2,35,36,40)/p+1/t28-/m1/s1. The highest BCUT2D eigenvalue weighted by atomic mass is 35.5. The van der Waals surface area contributed by atoms with Gasteiger partial charge in [0, 0.05) is 6.42 Å². The number of hydrogen-bond acceptors (Lipinski definition) is 4. The quantitative estimate of drug-likeness (QED) is 0.150. The van der Waals surface area contributed by atoms with Crippen molar-refractivity contribution in [1.29, 1.82) is 10.7 Å². The molecule has 0 spiro atoms. The maximum Gasteiger partial charge on any atom is 0.356 e. The molecule has 0 unspecified atom stereocenters. The Bertz CT molecular complexity index is 1650. The fraction of sp³-hybridized carbons (Fsp3) is 0.0968. The third kappa shape index (κ3) is 6.70. The Morgan fingerprint density at radius 3 is 2.20 bits per heavy atom. The highest BCUT2D eigenvalue weighted by Gasteiger charge is 2.25. The first-order valence-corrected chi connectivity index (χ1v) is 12.6. The van der Waals surface area contributed by atoms with Crippen molar-refractivity contribution in [3.05, 3.63) is 112 Å². The van der Waals surface area contributed by atoms with E-state index >= 15 is 0 Å². The predicted octanol–water partition coefficient (Wildman–Crippen LogP) is 5.85. The molecule has 0 bridgehead atoms. The summed E-state index contributed by atoms with van der Waals surface area (Å²) in [5.74, 6) is -1.64. The van der Waals surface area contributed by atoms with Crippen molar-refractivity contribution < 1.29 is 19.4 Å². The molecule has 0 saturated heterocycles. The Kier molecular flexibility index (Phi) is 8.57. The van der Waals surface area contributed by atoms with Gasteiger partial charge in [0.25, 0.3) is 5.91 Å². The molecule has 0 fully saturated rings. The Balaban J connectivity index is 1.58. The zero-order chi connectivity index (χ0) is 28.8. The van der Waals surface area contributed by atoms with Gasteiger partial charge in [-0.25, -0.2) is 4.39 Å². The van der Waals surface area contributed by atoms with Crippen LogP contribution in [-0.2, 0) is 6.42 Å². The number of amides is 1. The molecule has 0 aliphatic heterocycles. The lowest BCUT2D eigenvalue weighted by molar-refractivity contribution is 0.0941. The smallest absolute Gasteiger partial charge is 0.356 e. The van der Waals surface area contributed by atoms with Gasteiger partial charge < -0.3 is 15.5 Å². The van der Waals surface area contributed by atoms with Gasteiger partial charge in [-0.05, 0) is 71.1 Å². The molecule has 0 aromatic heterocycles. The lowest BCUT2D eigenvalue weighted by atomic mass is 9.99. The highest BCUT2D eigenvalue weighted by molar-refractivity contribution is 6.31. The summed E-state index contributed by atoms with van der Waals surface area (Å²) >= 11 is 5.91. The second-order valence-corrected chi connectivity index (χ2v) is 9.47. The van der Waals surface area contributed by atoms with E-state index in [1.165, 1.54) is 31.2 Å². The van der Waals surface area contributed by atoms with Crippen molar-refractivity contribution in [3.8, 4) is 34.1 Å². The van der Waals surface area contributed by atoms with Crippen LogP contribution in [0.15, 0.2) is 89.9 Å². The van der Waals surface area contributed by atoms with Crippen LogP contribution >= 0.6 is 11.6 Å². The van der Waals surface area contributed by atoms with E-state index in [4.69, 9.17) is 27.4 Å². The zero-order valence-corrected chi connectivity index (χ0v) is 22.1. The van der Waals surface area contributed by atoms with Crippen LogP contribution in [0.1, 0.15) is 28.4 Å². The molecule has 1 atom stereocenters. The average Bonchev–Trinajstić information content (AvgIpc) is 2.94. The van der Waals surface area contributed by atoms with Crippen molar-refractivity contribution in [3.63, 3.8) is 0 Å². The van der Waals surface area contributed by atoms with Gasteiger partial charge in [-0.15, -0.1) is 0 Å². The van der Waals surface area contributed by atoms with Crippen molar-refractivity contribution in [2.75, 3.05) is 0 Å². The summed E-state index contributed by atoms with van der Waals surface area (Å²) in [5.41, 5.74) is 4.26. The molecule has 5 N–H and O–H groups in total. The lowest BCUT2D eigenvalue weighted by Gasteiger charge is -2.16. The first-order chi connectivity index (χ1) is 19.1. The number of amidine groups is 1. The Morgan fingerprint density at radius 2 is 1.60 bits per heavy atom. The number of benzene rings is 4. The SMILES string of the molecule is CC(=N)N=C([OH2+])[C@@H](Cc1ccc(-c2ccc(F)c(Cl)c2)cc1)NC(=O)c1cc(-c2ccc(C#N)cc2)ccc1O. The van der Waals surface area contributed by atoms with Crippen LogP contribution in [0.25, 0.3) is 22.3 Å². The molecule has 0 aliphatic carbocycles. The summed E-state index contributed by atoms with van der Waals surface area (Å²) in [4.78, 5) is 17.2. The molecule has 4 aromatic carbocycles. The van der Waals surface area contributed by atoms with Gasteiger partial charge in [0.2, 0.25) is 0 Å². The minimum absolute atomic E-state index is 0.00905. The second kappa shape index (κ2) is 12.2. The third-order valence-corrected chi connectivity index (χ3v) is 6.45. The summed E-state index contributed by atoms with van der Waals surface area (Å²) in [7, 11) is 0. The largest absolute Gasteiger partial charge is 0.580 e. The van der Waals surface area contributed by atoms with Gasteiger partial charge in [-0.1, -0.05) is 60.1 Å². The number of aromatic hydroxyl groups is 1. The first-order valence-electron chi connectivity index (χ1n) is 12.2. The molecule has 4 aromatic rings. The zero-order valence-electron chi connectivity index (χ0n) is 21.4. The number of nitrogens with one attached hydrogen (secondary N) is 2. The van der Waals surface area contributed by atoms with Crippen LogP contribution in [0.3, 0.4) is 0 Å². The maximum absolute atomic E-state index is 13.5. The van der Waals surface area contributed by atoms with E-state index in [0.29, 0.717) is 11.1 Å². The number of nitrogens with zero attached hydrogens (tertiary/aromatic N) is 2. The number of phenolic OH excluding ortho intramolecular Hbond substituents is 1. The topological polar surface area (TPSA) is 132 Å². The van der Waals surface area contributed by atoms with Gasteiger partial charge in [-0.3, -0.25) is 10.2 Å². The summed E-state index contributed by atoms with van der Waals surface area (Å²) in [6.45, 7) is 1.43. The van der Waals surface area contributed by atoms with E-state index in [2.05, 4.69) is 16.4 Å². The van der Waals surface area contributed by atoms with Crippen molar-refractivity contribution >= 4 is 29.2 Å². The van der Waals surface area contributed by atoms with Crippen LogP contribution < -0.4 is 5.32 Å². The number of halogens is 2. The van der Waals surface area contributed by atoms with Crippen LogP contribution in [0.5, 0.6) is 5.75 Å². The van der Waals surface area contributed by atoms with E-state index in [9.17, 15) is 14.3 Å². The molecule has 1 amide bonds. The van der Waals surface area contributed by atoms with Crippen LogP contribution in [0.4, 0.5) is 4.39 Å². The van der Waals surface area contributed by atoms with E-state index in [1.54, 1.807) is 36.4 Å². The van der Waals surface area contributed by atoms with E-state index in [1.807, 2.05) is 24.3 Å². The average molecular weight is 556 g/mol. The Morgan fingerprint density at radius 1 is 1.02 bits per heavy atom. The molecule has 200 valence electrons. The minimum Gasteiger partial charge on any atom is -0.580 e. The number of phenols is 1. The normalized spacial score (nSPS) is 11.9. The molecule has 0 saturated carbocycles. The number of carbonyl (C=O) groups is 1. The number of carbonyl (C=O) groups excluding carboxylic acids is 1. The number of aliphatic imine (C=N–C) groups is 1. The molecule has 7 nitrogen and oxygen atoms in total. The summed E-state index contributed by atoms with van der Waals surface area (Å²) in [5, 5.41) is 38.4. The van der Waals surface area contributed by atoms with Crippen molar-refractivity contribution in [2.45, 2.75) is 19.4 Å². The van der Waals surface area contributed by atoms with E-state index in [0.717, 1.165) is 22.3 Å². The fourth-order valence-corrected chi connectivity index (χ4v) is 4.27. The van der Waals surface area contributed by atoms with Crippen molar-refractivity contribution in [1.82, 2.24) is 5.32 Å². The number of rotatable bonds is 7. The van der Waals surface area contributed by atoms with E-state index < -0.39 is 17.8 Å². The Labute approximate surface area is 235 Å². The Hall–Kier alpha value is -5.00. The number of hydrogen-bond donors (Lipinski definition) is 3. The monoisotopic (exact) mass is 555 g/mol. The number of nitriles is 1. The molecule has 40 heavy (non-hydrogen) atoms. The molecule has 0 radical (unpaired) electrons. The summed E-state index contributed by atoms with van der Waals surface area (Å²) < 4.78 is 13.5. The lowest BCUT2D eigenvalue weighted by Crippen LogP contribution is -2.42. The van der Waals surface area contributed by atoms with Gasteiger partial charge in [-0.2, -0.15) is 10.3 Å². The maximum atomic E-state index is 13.5. The fourth-order valence-electron chi connectivity index (χ4n) is 4.09. The molecule has 4 rings (SSSR count). The van der Waals surface area contributed by atoms with Crippen LogP contribution in [-0.4, -0.2) is 33.9 Å². The van der Waals surface area contributed by atoms with E-state index in [-0.39, 0.29) is 34.5 Å². The minimum atomic E-state index is -0.892. The molecular weight excluding hydrogens is 531 g/mol. The highest BCUT2D eigenvalue weighted by Crippen LogP contribution is 2.27. The molecule has 0 heterocycles. The van der Waals surface area contributed by atoms with Gasteiger partial charge >= 0.3 is 5.90 Å². The summed E-state index contributed by atoms with van der Waals surface area (Å²) in [6, 6.07) is 24.4. The van der Waals surface area contributed by atoms with Gasteiger partial charge in [0.05, 0.1) is 22.2 Å². The predicted molar refractivity (Wildman–Crippen MR) is 155 cm³/mol. The molecule has 0 aliphatic rings. The van der Waals surface area contributed by atoms with Crippen molar-refractivity contribution in [2.24, 2.45) is 4.99 Å². The molecular formula is C31H25ClFN4O3+. The first kappa shape index (κ1) is 28.0. The van der Waals surface area contributed by atoms with Crippen LogP contribution in [0.2, 0.25) is 5.02 Å². The van der Waals surface area contributed by atoms with Crippen LogP contribution in [0, 0.1) is 22.6 Å². The third-order valence-electron chi connectivity index (χ3n) is 6.16. The van der Waals surface area contributed by atoms with Gasteiger partial charge in [0.15, 0.2) is 6.04 Å².